The van der Waals surface area contributed by atoms with Crippen molar-refractivity contribution in [3.63, 3.8) is 0 Å². The first kappa shape index (κ1) is 16.1. The lowest BCUT2D eigenvalue weighted by atomic mass is 10.0. The van der Waals surface area contributed by atoms with Gasteiger partial charge in [0.25, 0.3) is 0 Å². The fraction of sp³-hybridized carbons (Fsp3) is 0.222. The number of hydrogen-bond acceptors (Lipinski definition) is 4. The molecule has 116 valence electrons. The Hall–Kier alpha value is -2.30. The summed E-state index contributed by atoms with van der Waals surface area (Å²) in [5.74, 6) is -1.24. The Morgan fingerprint density at radius 2 is 1.64 bits per heavy atom. The summed E-state index contributed by atoms with van der Waals surface area (Å²) in [7, 11) is 0. The molecule has 0 saturated carbocycles. The summed E-state index contributed by atoms with van der Waals surface area (Å²) >= 11 is 0. The highest BCUT2D eigenvalue weighted by Gasteiger charge is 2.34. The van der Waals surface area contributed by atoms with Gasteiger partial charge in [-0.05, 0) is 42.3 Å². The predicted molar refractivity (Wildman–Crippen MR) is 85.5 cm³/mol. The number of benzene rings is 2. The van der Waals surface area contributed by atoms with Gasteiger partial charge in [-0.15, -0.1) is 0 Å². The fourth-order valence-corrected chi connectivity index (χ4v) is 2.10. The van der Waals surface area contributed by atoms with Crippen molar-refractivity contribution in [1.82, 2.24) is 0 Å². The highest BCUT2D eigenvalue weighted by molar-refractivity contribution is 5.50. The lowest BCUT2D eigenvalue weighted by molar-refractivity contribution is -0.195. The van der Waals surface area contributed by atoms with E-state index in [0.717, 1.165) is 5.56 Å². The van der Waals surface area contributed by atoms with E-state index < -0.39 is 11.9 Å². The summed E-state index contributed by atoms with van der Waals surface area (Å²) in [6, 6.07) is 13.1. The highest BCUT2D eigenvalue weighted by atomic mass is 16.6. The second-order valence-electron chi connectivity index (χ2n) is 5.22. The summed E-state index contributed by atoms with van der Waals surface area (Å²) in [6.07, 6.45) is 2.64. The van der Waals surface area contributed by atoms with Gasteiger partial charge in [-0.25, -0.2) is 0 Å². The van der Waals surface area contributed by atoms with Crippen LogP contribution in [0.2, 0.25) is 0 Å². The van der Waals surface area contributed by atoms with E-state index in [1.54, 1.807) is 12.1 Å². The second kappa shape index (κ2) is 6.64. The molecule has 22 heavy (non-hydrogen) atoms. The number of rotatable bonds is 5. The molecule has 0 spiro atoms. The molecule has 2 aromatic carbocycles. The van der Waals surface area contributed by atoms with Gasteiger partial charge in [-0.1, -0.05) is 36.4 Å². The van der Waals surface area contributed by atoms with Crippen molar-refractivity contribution in [3.05, 3.63) is 65.7 Å². The van der Waals surface area contributed by atoms with E-state index in [0.29, 0.717) is 11.3 Å². The van der Waals surface area contributed by atoms with Gasteiger partial charge in [0.1, 0.15) is 17.6 Å². The number of phenols is 1. The summed E-state index contributed by atoms with van der Waals surface area (Å²) in [5, 5.41) is 29.9. The molecule has 0 radical (unpaired) electrons. The standard InChI is InChI=1S/C18H20O4/c1-3-4-13-5-11-16(12-6-13)22-18(2,21)17(20)14-7-9-15(19)10-8-14/h3-12,17,19-21H,1-2H3/b4-3+/t17-,18+/m1/s1. The van der Waals surface area contributed by atoms with E-state index in [-0.39, 0.29) is 5.75 Å². The molecule has 4 heteroatoms. The molecular formula is C18H20O4. The summed E-state index contributed by atoms with van der Waals surface area (Å²) in [4.78, 5) is 0. The zero-order valence-corrected chi connectivity index (χ0v) is 12.6. The first-order chi connectivity index (χ1) is 10.4. The summed E-state index contributed by atoms with van der Waals surface area (Å²) in [5.41, 5.74) is 1.47. The number of phenolic OH excluding ortho intramolecular Hbond substituents is 1. The molecule has 0 heterocycles. The van der Waals surface area contributed by atoms with Gasteiger partial charge >= 0.3 is 0 Å². The molecule has 0 aliphatic carbocycles. The largest absolute Gasteiger partial charge is 0.508 e. The van der Waals surface area contributed by atoms with Crippen LogP contribution in [0.3, 0.4) is 0 Å². The maximum Gasteiger partial charge on any atom is 0.235 e. The molecular weight excluding hydrogens is 280 g/mol. The average molecular weight is 300 g/mol. The highest BCUT2D eigenvalue weighted by Crippen LogP contribution is 2.30. The Bertz CT molecular complexity index is 627. The average Bonchev–Trinajstić information content (AvgIpc) is 2.49. The Morgan fingerprint density at radius 1 is 1.05 bits per heavy atom. The van der Waals surface area contributed by atoms with Crippen LogP contribution in [0.25, 0.3) is 6.08 Å². The smallest absolute Gasteiger partial charge is 0.235 e. The Kier molecular flexibility index (Phi) is 4.85. The summed E-state index contributed by atoms with van der Waals surface area (Å²) < 4.78 is 5.50. The lowest BCUT2D eigenvalue weighted by Crippen LogP contribution is -2.39. The molecule has 2 aromatic rings. The fourth-order valence-electron chi connectivity index (χ4n) is 2.10. The van der Waals surface area contributed by atoms with Crippen LogP contribution in [0.15, 0.2) is 54.6 Å². The summed E-state index contributed by atoms with van der Waals surface area (Å²) in [6.45, 7) is 3.33. The quantitative estimate of drug-likeness (QED) is 0.741. The third-order valence-corrected chi connectivity index (χ3v) is 3.28. The van der Waals surface area contributed by atoms with Gasteiger partial charge in [0.05, 0.1) is 0 Å². The van der Waals surface area contributed by atoms with Crippen LogP contribution in [0.5, 0.6) is 11.5 Å². The minimum Gasteiger partial charge on any atom is -0.508 e. The Balaban J connectivity index is 2.13. The molecule has 0 aliphatic heterocycles. The molecule has 2 atom stereocenters. The number of ether oxygens (including phenoxy) is 1. The van der Waals surface area contributed by atoms with Crippen molar-refractivity contribution in [3.8, 4) is 11.5 Å². The van der Waals surface area contributed by atoms with Gasteiger partial charge in [-0.3, -0.25) is 0 Å². The third-order valence-electron chi connectivity index (χ3n) is 3.28. The zero-order valence-electron chi connectivity index (χ0n) is 12.6. The topological polar surface area (TPSA) is 69.9 Å². The van der Waals surface area contributed by atoms with Gasteiger partial charge in [0.15, 0.2) is 0 Å². The maximum absolute atomic E-state index is 10.4. The van der Waals surface area contributed by atoms with Crippen LogP contribution in [-0.2, 0) is 0 Å². The number of aromatic hydroxyl groups is 1. The molecule has 0 amide bonds. The van der Waals surface area contributed by atoms with E-state index >= 15 is 0 Å². The monoisotopic (exact) mass is 300 g/mol. The van der Waals surface area contributed by atoms with Crippen molar-refractivity contribution < 1.29 is 20.1 Å². The molecule has 0 aromatic heterocycles. The van der Waals surface area contributed by atoms with Gasteiger partial charge in [0.2, 0.25) is 5.79 Å². The molecule has 0 unspecified atom stereocenters. The van der Waals surface area contributed by atoms with E-state index in [4.69, 9.17) is 4.74 Å². The zero-order chi connectivity index (χ0) is 16.2. The Labute approximate surface area is 129 Å². The normalized spacial score (nSPS) is 15.5. The molecule has 3 N–H and O–H groups in total. The first-order valence-electron chi connectivity index (χ1n) is 7.03. The second-order valence-corrected chi connectivity index (χ2v) is 5.22. The minimum atomic E-state index is -1.79. The molecule has 0 saturated heterocycles. The van der Waals surface area contributed by atoms with E-state index in [9.17, 15) is 15.3 Å². The van der Waals surface area contributed by atoms with Crippen molar-refractivity contribution in [2.75, 3.05) is 0 Å². The molecule has 2 rings (SSSR count). The lowest BCUT2D eigenvalue weighted by Gasteiger charge is -2.30. The van der Waals surface area contributed by atoms with Gasteiger partial charge < -0.3 is 20.1 Å². The van der Waals surface area contributed by atoms with Crippen LogP contribution in [0.1, 0.15) is 31.1 Å². The van der Waals surface area contributed by atoms with E-state index in [1.165, 1.54) is 31.2 Å². The number of aliphatic hydroxyl groups is 2. The van der Waals surface area contributed by atoms with E-state index in [2.05, 4.69) is 0 Å². The third kappa shape index (κ3) is 3.87. The maximum atomic E-state index is 10.4. The molecule has 4 nitrogen and oxygen atoms in total. The Morgan fingerprint density at radius 3 is 2.18 bits per heavy atom. The van der Waals surface area contributed by atoms with Gasteiger partial charge in [-0.2, -0.15) is 0 Å². The molecule has 0 aliphatic rings. The van der Waals surface area contributed by atoms with Gasteiger partial charge in [0, 0.05) is 6.92 Å². The van der Waals surface area contributed by atoms with Crippen LogP contribution < -0.4 is 4.74 Å². The van der Waals surface area contributed by atoms with Crippen molar-refractivity contribution in [1.29, 1.82) is 0 Å². The van der Waals surface area contributed by atoms with Crippen molar-refractivity contribution in [2.24, 2.45) is 0 Å². The number of hydrogen-bond donors (Lipinski definition) is 3. The van der Waals surface area contributed by atoms with Crippen LogP contribution in [-0.4, -0.2) is 21.1 Å². The first-order valence-corrected chi connectivity index (χ1v) is 7.03. The number of allylic oxidation sites excluding steroid dienone is 1. The predicted octanol–water partition coefficient (Wildman–Crippen LogP) is 3.25. The van der Waals surface area contributed by atoms with Crippen LogP contribution in [0, 0.1) is 0 Å². The van der Waals surface area contributed by atoms with Crippen LogP contribution >= 0.6 is 0 Å². The molecule has 0 bridgehead atoms. The van der Waals surface area contributed by atoms with Crippen molar-refractivity contribution >= 4 is 6.08 Å². The number of aliphatic hydroxyl groups excluding tert-OH is 1. The SMILES string of the molecule is C/C=C/c1ccc(O[C@](C)(O)[C@H](O)c2ccc(O)cc2)cc1. The molecule has 0 fully saturated rings. The van der Waals surface area contributed by atoms with E-state index in [1.807, 2.05) is 31.2 Å². The minimum absolute atomic E-state index is 0.0936. The van der Waals surface area contributed by atoms with Crippen LogP contribution in [0.4, 0.5) is 0 Å². The van der Waals surface area contributed by atoms with Crippen molar-refractivity contribution in [2.45, 2.75) is 25.7 Å².